The topological polar surface area (TPSA) is 49.4 Å². The lowest BCUT2D eigenvalue weighted by atomic mass is 9.73. The number of hydrogen-bond acceptors (Lipinski definition) is 2. The highest BCUT2D eigenvalue weighted by molar-refractivity contribution is 5.96. The summed E-state index contributed by atoms with van der Waals surface area (Å²) in [6.45, 7) is 2.67. The van der Waals surface area contributed by atoms with Gasteiger partial charge in [-0.15, -0.1) is 0 Å². The Kier molecular flexibility index (Phi) is 7.29. The van der Waals surface area contributed by atoms with Gasteiger partial charge in [-0.2, -0.15) is 0 Å². The minimum atomic E-state index is -1.12. The lowest BCUT2D eigenvalue weighted by Gasteiger charge is -2.32. The van der Waals surface area contributed by atoms with Crippen molar-refractivity contribution in [3.05, 3.63) is 143 Å². The average molecular weight is 525 g/mol. The predicted octanol–water partition coefficient (Wildman–Crippen LogP) is 5.61. The Hall–Kier alpha value is -4.32. The molecule has 5 rings (SSSR count). The molecule has 0 spiro atoms. The number of carbonyl (C=O) groups is 2. The van der Waals surface area contributed by atoms with Crippen molar-refractivity contribution in [2.45, 2.75) is 24.2 Å². The largest absolute Gasteiger partial charge is 0.353 e. The summed E-state index contributed by atoms with van der Waals surface area (Å²) in [6, 6.07) is 31.6. The maximum absolute atomic E-state index is 13.9. The highest BCUT2D eigenvalue weighted by atomic mass is 19.1. The first-order chi connectivity index (χ1) is 18.8. The van der Waals surface area contributed by atoms with E-state index in [0.29, 0.717) is 30.6 Å². The molecule has 0 radical (unpaired) electrons. The van der Waals surface area contributed by atoms with Gasteiger partial charge in [0.15, 0.2) is 0 Å². The fraction of sp³-hybridized carbons (Fsp3) is 0.212. The van der Waals surface area contributed by atoms with Gasteiger partial charge in [-0.25, -0.2) is 8.78 Å². The maximum atomic E-state index is 13.9. The van der Waals surface area contributed by atoms with Crippen LogP contribution in [0, 0.1) is 11.6 Å². The normalized spacial score (nSPS) is 14.8. The van der Waals surface area contributed by atoms with E-state index in [1.165, 1.54) is 29.2 Å². The van der Waals surface area contributed by atoms with Gasteiger partial charge < -0.3 is 10.2 Å². The second-order valence-corrected chi connectivity index (χ2v) is 10.2. The third kappa shape index (κ3) is 5.07. The summed E-state index contributed by atoms with van der Waals surface area (Å²) in [5.41, 5.74) is 1.78. The number of nitrogens with zero attached hydrogens (tertiary/aromatic N) is 1. The first kappa shape index (κ1) is 26.3. The number of hydrogen-bond donors (Lipinski definition) is 1. The molecule has 0 unspecified atom stereocenters. The third-order valence-corrected chi connectivity index (χ3v) is 7.88. The van der Waals surface area contributed by atoms with Crippen LogP contribution in [-0.2, 0) is 20.4 Å². The second kappa shape index (κ2) is 10.8. The molecule has 0 atom stereocenters. The minimum Gasteiger partial charge on any atom is -0.353 e. The van der Waals surface area contributed by atoms with Crippen LogP contribution in [0.25, 0.3) is 0 Å². The number of halogens is 2. The van der Waals surface area contributed by atoms with Crippen LogP contribution >= 0.6 is 0 Å². The molecule has 1 aliphatic heterocycles. The fourth-order valence-corrected chi connectivity index (χ4v) is 5.59. The quantitative estimate of drug-likeness (QED) is 0.326. The molecule has 4 nitrogen and oxygen atoms in total. The van der Waals surface area contributed by atoms with Crippen LogP contribution in [-0.4, -0.2) is 36.3 Å². The molecule has 39 heavy (non-hydrogen) atoms. The van der Waals surface area contributed by atoms with Gasteiger partial charge >= 0.3 is 0 Å². The summed E-state index contributed by atoms with van der Waals surface area (Å²) in [6.07, 6.45) is 0.391. The minimum absolute atomic E-state index is 0.108. The van der Waals surface area contributed by atoms with E-state index in [-0.39, 0.29) is 18.4 Å². The van der Waals surface area contributed by atoms with Gasteiger partial charge in [0.25, 0.3) is 0 Å². The van der Waals surface area contributed by atoms with Crippen LogP contribution < -0.4 is 5.32 Å². The monoisotopic (exact) mass is 524 g/mol. The van der Waals surface area contributed by atoms with Gasteiger partial charge in [0.05, 0.1) is 6.54 Å². The second-order valence-electron chi connectivity index (χ2n) is 10.2. The molecule has 1 N–H and O–H groups in total. The zero-order valence-corrected chi connectivity index (χ0v) is 21.7. The van der Waals surface area contributed by atoms with Crippen molar-refractivity contribution in [1.29, 1.82) is 0 Å². The number of nitrogens with one attached hydrogen (secondary N) is 1. The molecular weight excluding hydrogens is 494 g/mol. The van der Waals surface area contributed by atoms with Gasteiger partial charge in [0.1, 0.15) is 17.0 Å². The number of carbonyl (C=O) groups excluding carboxylic acids is 2. The van der Waals surface area contributed by atoms with E-state index in [1.807, 2.05) is 60.7 Å². The zero-order chi connectivity index (χ0) is 27.5. The molecule has 4 aromatic rings. The summed E-state index contributed by atoms with van der Waals surface area (Å²) >= 11 is 0. The highest BCUT2D eigenvalue weighted by Gasteiger charge is 2.49. The molecule has 1 fully saturated rings. The van der Waals surface area contributed by atoms with Crippen LogP contribution in [0.2, 0.25) is 0 Å². The average Bonchev–Trinajstić information content (AvgIpc) is 3.29. The van der Waals surface area contributed by atoms with Gasteiger partial charge in [-0.05, 0) is 59.9 Å². The first-order valence-corrected chi connectivity index (χ1v) is 13.0. The molecule has 1 saturated heterocycles. The summed E-state index contributed by atoms with van der Waals surface area (Å²) in [5.74, 6) is -1.34. The van der Waals surface area contributed by atoms with Crippen molar-refractivity contribution in [1.82, 2.24) is 10.2 Å². The molecular formula is C33H30F2N2O2. The summed E-state index contributed by atoms with van der Waals surface area (Å²) in [7, 11) is 0. The summed E-state index contributed by atoms with van der Waals surface area (Å²) in [4.78, 5) is 28.7. The third-order valence-electron chi connectivity index (χ3n) is 7.88. The van der Waals surface area contributed by atoms with E-state index in [1.54, 1.807) is 24.3 Å². The predicted molar refractivity (Wildman–Crippen MR) is 147 cm³/mol. The Morgan fingerprint density at radius 1 is 0.795 bits per heavy atom. The van der Waals surface area contributed by atoms with E-state index in [2.05, 4.69) is 12.2 Å². The summed E-state index contributed by atoms with van der Waals surface area (Å²) < 4.78 is 27.5. The number of benzene rings is 4. The van der Waals surface area contributed by atoms with Crippen molar-refractivity contribution in [2.24, 2.45) is 0 Å². The maximum Gasteiger partial charge on any atom is 0.239 e. The Balaban J connectivity index is 1.37. The lowest BCUT2D eigenvalue weighted by molar-refractivity contribution is -0.135. The van der Waals surface area contributed by atoms with Crippen LogP contribution in [0.1, 0.15) is 35.6 Å². The van der Waals surface area contributed by atoms with Gasteiger partial charge in [-0.1, -0.05) is 84.9 Å². The molecule has 2 amide bonds. The van der Waals surface area contributed by atoms with Crippen LogP contribution in [0.5, 0.6) is 0 Å². The van der Waals surface area contributed by atoms with Crippen LogP contribution in [0.15, 0.2) is 109 Å². The number of rotatable bonds is 8. The van der Waals surface area contributed by atoms with Crippen molar-refractivity contribution >= 4 is 11.8 Å². The Labute approximate surface area is 227 Å². The van der Waals surface area contributed by atoms with E-state index in [4.69, 9.17) is 0 Å². The molecule has 0 aromatic heterocycles. The molecule has 198 valence electrons. The van der Waals surface area contributed by atoms with Gasteiger partial charge in [0.2, 0.25) is 11.8 Å². The van der Waals surface area contributed by atoms with Crippen molar-refractivity contribution in [3.8, 4) is 0 Å². The Bertz CT molecular complexity index is 1350. The SMILES string of the molecule is CC(CNC(=O)CN1CCC(c2ccc(F)cc2)(c2ccc(F)cc2)C1=O)(c1ccccc1)c1ccccc1. The van der Waals surface area contributed by atoms with Crippen molar-refractivity contribution < 1.29 is 18.4 Å². The molecule has 0 bridgehead atoms. The molecule has 0 aliphatic carbocycles. The fourth-order valence-electron chi connectivity index (χ4n) is 5.59. The van der Waals surface area contributed by atoms with Crippen LogP contribution in [0.4, 0.5) is 8.78 Å². The van der Waals surface area contributed by atoms with Gasteiger partial charge in [0, 0.05) is 18.5 Å². The molecule has 4 aromatic carbocycles. The lowest BCUT2D eigenvalue weighted by Crippen LogP contribution is -2.46. The molecule has 1 aliphatic rings. The van der Waals surface area contributed by atoms with E-state index >= 15 is 0 Å². The highest BCUT2D eigenvalue weighted by Crippen LogP contribution is 2.42. The van der Waals surface area contributed by atoms with E-state index in [0.717, 1.165) is 11.1 Å². The number of likely N-dealkylation sites (tertiary alicyclic amines) is 1. The van der Waals surface area contributed by atoms with Crippen molar-refractivity contribution in [2.75, 3.05) is 19.6 Å². The van der Waals surface area contributed by atoms with Crippen molar-refractivity contribution in [3.63, 3.8) is 0 Å². The van der Waals surface area contributed by atoms with Crippen LogP contribution in [0.3, 0.4) is 0 Å². The zero-order valence-electron chi connectivity index (χ0n) is 21.7. The van der Waals surface area contributed by atoms with Gasteiger partial charge in [-0.3, -0.25) is 9.59 Å². The molecule has 6 heteroatoms. The number of amides is 2. The smallest absolute Gasteiger partial charge is 0.239 e. The Morgan fingerprint density at radius 3 is 1.72 bits per heavy atom. The summed E-state index contributed by atoms with van der Waals surface area (Å²) in [5, 5.41) is 3.06. The van der Waals surface area contributed by atoms with E-state index < -0.39 is 22.5 Å². The molecule has 1 heterocycles. The Morgan fingerprint density at radius 2 is 1.26 bits per heavy atom. The first-order valence-electron chi connectivity index (χ1n) is 13.0. The van der Waals surface area contributed by atoms with E-state index in [9.17, 15) is 18.4 Å². The molecule has 0 saturated carbocycles. The standard InChI is InChI=1S/C33H30F2N2O2/c1-32(24-8-4-2-5-9-24,25-10-6-3-7-11-25)23-36-30(38)22-37-21-20-33(31(37)39,26-12-16-28(34)17-13-26)27-14-18-29(35)19-15-27/h2-19H,20-23H2,1H3,(H,36,38).